The Morgan fingerprint density at radius 3 is 2.94 bits per heavy atom. The molecule has 0 saturated carbocycles. The van der Waals surface area contributed by atoms with Crippen molar-refractivity contribution in [3.63, 3.8) is 0 Å². The topological polar surface area (TPSA) is 45.5 Å². The maximum atomic E-state index is 12.0. The molecule has 1 aliphatic rings. The van der Waals surface area contributed by atoms with Crippen LogP contribution in [0.5, 0.6) is 0 Å². The molecule has 0 spiro atoms. The first kappa shape index (κ1) is 12.2. The fraction of sp³-hybridized carbons (Fsp3) is 0.615. The summed E-state index contributed by atoms with van der Waals surface area (Å²) in [5.74, 6) is 0.150. The molecule has 2 heterocycles. The van der Waals surface area contributed by atoms with Crippen LogP contribution in [0.4, 0.5) is 0 Å². The van der Waals surface area contributed by atoms with E-state index in [0.717, 1.165) is 13.1 Å². The monoisotopic (exact) mass is 236 g/mol. The average Bonchev–Trinajstić information content (AvgIpc) is 2.69. The molecule has 4 heteroatoms. The van der Waals surface area contributed by atoms with E-state index in [1.165, 1.54) is 11.4 Å². The predicted octanol–water partition coefficient (Wildman–Crippen LogP) is 1.47. The normalized spacial score (nSPS) is 19.2. The third kappa shape index (κ3) is 2.22. The second-order valence-corrected chi connectivity index (χ2v) is 4.64. The Balaban J connectivity index is 2.11. The molecule has 1 N–H and O–H groups in total. The van der Waals surface area contributed by atoms with Crippen LogP contribution in [0.15, 0.2) is 12.1 Å². The molecular formula is C13H20N2O2. The molecule has 4 nitrogen and oxygen atoms in total. The van der Waals surface area contributed by atoms with Gasteiger partial charge in [-0.1, -0.05) is 0 Å². The lowest BCUT2D eigenvalue weighted by molar-refractivity contribution is -0.134. The standard InChI is InChI=1S/C13H20N2O2/c1-10-5-6-12-11(2)15(8-7-14(10)12)13(17)4-3-9-16/h5-6,11,16H,3-4,7-9H2,1-2H3. The summed E-state index contributed by atoms with van der Waals surface area (Å²) in [4.78, 5) is 13.9. The van der Waals surface area contributed by atoms with Crippen molar-refractivity contribution in [2.24, 2.45) is 0 Å². The average molecular weight is 236 g/mol. The number of fused-ring (bicyclic) bond motifs is 1. The Hall–Kier alpha value is -1.29. The first-order chi connectivity index (χ1) is 8.15. The zero-order chi connectivity index (χ0) is 12.4. The minimum absolute atomic E-state index is 0.0868. The van der Waals surface area contributed by atoms with Crippen molar-refractivity contribution < 1.29 is 9.90 Å². The van der Waals surface area contributed by atoms with Crippen molar-refractivity contribution in [2.75, 3.05) is 13.2 Å². The van der Waals surface area contributed by atoms with Crippen molar-refractivity contribution in [1.82, 2.24) is 9.47 Å². The Bertz CT molecular complexity index is 412. The zero-order valence-corrected chi connectivity index (χ0v) is 10.5. The highest BCUT2D eigenvalue weighted by Crippen LogP contribution is 2.27. The van der Waals surface area contributed by atoms with Gasteiger partial charge in [-0.2, -0.15) is 0 Å². The van der Waals surface area contributed by atoms with Gasteiger partial charge in [0.2, 0.25) is 5.91 Å². The van der Waals surface area contributed by atoms with Gasteiger partial charge in [-0.25, -0.2) is 0 Å². The first-order valence-electron chi connectivity index (χ1n) is 6.21. The highest BCUT2D eigenvalue weighted by atomic mass is 16.3. The summed E-state index contributed by atoms with van der Waals surface area (Å²) in [6, 6.07) is 4.35. The third-order valence-corrected chi connectivity index (χ3v) is 3.56. The van der Waals surface area contributed by atoms with Crippen LogP contribution in [0.3, 0.4) is 0 Å². The van der Waals surface area contributed by atoms with E-state index < -0.39 is 0 Å². The summed E-state index contributed by atoms with van der Waals surface area (Å²) in [5, 5.41) is 8.77. The van der Waals surface area contributed by atoms with E-state index in [1.54, 1.807) is 0 Å². The lowest BCUT2D eigenvalue weighted by atomic mass is 10.1. The van der Waals surface area contributed by atoms with Crippen molar-refractivity contribution in [3.8, 4) is 0 Å². The molecule has 2 rings (SSSR count). The second-order valence-electron chi connectivity index (χ2n) is 4.64. The Labute approximate surface area is 102 Å². The van der Waals surface area contributed by atoms with E-state index in [2.05, 4.69) is 30.5 Å². The number of amides is 1. The molecule has 0 aliphatic carbocycles. The molecule has 94 valence electrons. The molecule has 1 amide bonds. The van der Waals surface area contributed by atoms with Crippen molar-refractivity contribution in [1.29, 1.82) is 0 Å². The van der Waals surface area contributed by atoms with Gasteiger partial charge < -0.3 is 14.6 Å². The molecule has 0 bridgehead atoms. The SMILES string of the molecule is Cc1ccc2n1CCN(C(=O)CCCO)C2C. The minimum atomic E-state index is 0.0868. The summed E-state index contributed by atoms with van der Waals surface area (Å²) in [6.45, 7) is 5.90. The van der Waals surface area contributed by atoms with E-state index in [9.17, 15) is 4.79 Å². The first-order valence-corrected chi connectivity index (χ1v) is 6.21. The van der Waals surface area contributed by atoms with Crippen molar-refractivity contribution in [2.45, 2.75) is 39.3 Å². The molecule has 1 aliphatic heterocycles. The summed E-state index contributed by atoms with van der Waals surface area (Å²) < 4.78 is 2.28. The number of carbonyl (C=O) groups is 1. The minimum Gasteiger partial charge on any atom is -0.396 e. The van der Waals surface area contributed by atoms with E-state index in [-0.39, 0.29) is 18.6 Å². The molecule has 0 saturated heterocycles. The van der Waals surface area contributed by atoms with Crippen LogP contribution in [0.25, 0.3) is 0 Å². The van der Waals surface area contributed by atoms with Gasteiger partial charge in [0.15, 0.2) is 0 Å². The van der Waals surface area contributed by atoms with E-state index >= 15 is 0 Å². The molecule has 17 heavy (non-hydrogen) atoms. The van der Waals surface area contributed by atoms with Crippen LogP contribution in [0.1, 0.15) is 37.2 Å². The van der Waals surface area contributed by atoms with Crippen LogP contribution in [0, 0.1) is 6.92 Å². The molecule has 0 radical (unpaired) electrons. The molecule has 1 atom stereocenters. The molecule has 1 aromatic rings. The van der Waals surface area contributed by atoms with Crippen LogP contribution in [0.2, 0.25) is 0 Å². The molecule has 0 aromatic carbocycles. The van der Waals surface area contributed by atoms with Gasteiger partial charge in [-0.3, -0.25) is 4.79 Å². The Morgan fingerprint density at radius 1 is 1.47 bits per heavy atom. The van der Waals surface area contributed by atoms with Gasteiger partial charge >= 0.3 is 0 Å². The summed E-state index contributed by atoms with van der Waals surface area (Å²) in [7, 11) is 0. The van der Waals surface area contributed by atoms with Crippen molar-refractivity contribution >= 4 is 5.91 Å². The van der Waals surface area contributed by atoms with Gasteiger partial charge in [0.05, 0.1) is 6.04 Å². The highest BCUT2D eigenvalue weighted by molar-refractivity contribution is 5.76. The quantitative estimate of drug-likeness (QED) is 0.864. The van der Waals surface area contributed by atoms with Gasteiger partial charge in [-0.15, -0.1) is 0 Å². The van der Waals surface area contributed by atoms with E-state index in [1.807, 2.05) is 4.90 Å². The lowest BCUT2D eigenvalue weighted by Gasteiger charge is -2.35. The third-order valence-electron chi connectivity index (χ3n) is 3.56. The number of hydrogen-bond acceptors (Lipinski definition) is 2. The summed E-state index contributed by atoms with van der Waals surface area (Å²) in [5.41, 5.74) is 2.47. The number of nitrogens with zero attached hydrogens (tertiary/aromatic N) is 2. The van der Waals surface area contributed by atoms with Crippen LogP contribution in [-0.4, -0.2) is 33.6 Å². The van der Waals surface area contributed by atoms with Crippen molar-refractivity contribution in [3.05, 3.63) is 23.5 Å². The highest BCUT2D eigenvalue weighted by Gasteiger charge is 2.27. The number of hydrogen-bond donors (Lipinski definition) is 1. The molecule has 1 unspecified atom stereocenters. The van der Waals surface area contributed by atoms with Crippen LogP contribution < -0.4 is 0 Å². The van der Waals surface area contributed by atoms with Crippen LogP contribution >= 0.6 is 0 Å². The lowest BCUT2D eigenvalue weighted by Crippen LogP contribution is -2.41. The number of aryl methyl sites for hydroxylation is 1. The molecule has 1 aromatic heterocycles. The zero-order valence-electron chi connectivity index (χ0n) is 10.5. The fourth-order valence-electron chi connectivity index (χ4n) is 2.54. The summed E-state index contributed by atoms with van der Waals surface area (Å²) >= 11 is 0. The number of carbonyl (C=O) groups excluding carboxylic acids is 1. The largest absolute Gasteiger partial charge is 0.396 e. The number of rotatable bonds is 3. The molecular weight excluding hydrogens is 216 g/mol. The van der Waals surface area contributed by atoms with Gasteiger partial charge in [0.1, 0.15) is 0 Å². The van der Waals surface area contributed by atoms with Crippen LogP contribution in [-0.2, 0) is 11.3 Å². The smallest absolute Gasteiger partial charge is 0.223 e. The second kappa shape index (κ2) is 4.92. The Kier molecular flexibility index (Phi) is 3.52. The van der Waals surface area contributed by atoms with E-state index in [4.69, 9.17) is 5.11 Å². The number of aliphatic hydroxyl groups is 1. The maximum absolute atomic E-state index is 12.0. The molecule has 0 fully saturated rings. The van der Waals surface area contributed by atoms with E-state index in [0.29, 0.717) is 12.8 Å². The predicted molar refractivity (Wildman–Crippen MR) is 65.6 cm³/mol. The van der Waals surface area contributed by atoms with Gasteiger partial charge in [0, 0.05) is 37.5 Å². The summed E-state index contributed by atoms with van der Waals surface area (Å²) in [6.07, 6.45) is 1.00. The van der Waals surface area contributed by atoms with Gasteiger partial charge in [0.25, 0.3) is 0 Å². The Morgan fingerprint density at radius 2 is 2.24 bits per heavy atom. The number of aliphatic hydroxyl groups excluding tert-OH is 1. The van der Waals surface area contributed by atoms with Gasteiger partial charge in [-0.05, 0) is 32.4 Å². The fourth-order valence-corrected chi connectivity index (χ4v) is 2.54. The maximum Gasteiger partial charge on any atom is 0.223 e. The number of aromatic nitrogens is 1.